The highest BCUT2D eigenvalue weighted by Crippen LogP contribution is 2.29. The molecule has 2 heterocycles. The largest absolute Gasteiger partial charge is 0.367 e. The molecule has 3 aromatic rings. The van der Waals surface area contributed by atoms with Crippen LogP contribution in [0.3, 0.4) is 0 Å². The second kappa shape index (κ2) is 6.49. The Balaban J connectivity index is 1.83. The van der Waals surface area contributed by atoms with Crippen LogP contribution in [-0.4, -0.2) is 24.0 Å². The van der Waals surface area contributed by atoms with Crippen molar-refractivity contribution in [2.45, 2.75) is 25.7 Å². The Morgan fingerprint density at radius 1 is 1.24 bits per heavy atom. The highest BCUT2D eigenvalue weighted by atomic mass is 32.2. The number of rotatable bonds is 4. The van der Waals surface area contributed by atoms with E-state index in [-0.39, 0.29) is 0 Å². The maximum Gasteiger partial charge on any atom is 0.249 e. The molecule has 0 saturated carbocycles. The van der Waals surface area contributed by atoms with Gasteiger partial charge in [-0.05, 0) is 44.5 Å². The lowest BCUT2D eigenvalue weighted by Crippen LogP contribution is -1.98. The number of nitrogens with one attached hydrogen (secondary N) is 1. The molecule has 25 heavy (non-hydrogen) atoms. The molecule has 0 aliphatic rings. The minimum absolute atomic E-state index is 0.292. The van der Waals surface area contributed by atoms with Crippen LogP contribution in [0.15, 0.2) is 23.1 Å². The van der Waals surface area contributed by atoms with E-state index in [1.54, 1.807) is 10.2 Å². The average molecular weight is 354 g/mol. The third kappa shape index (κ3) is 3.29. The van der Waals surface area contributed by atoms with Gasteiger partial charge in [0.1, 0.15) is 0 Å². The third-order valence-corrected chi connectivity index (χ3v) is 5.04. The standard InChI is InChI=1S/C16H18N8S/c1-9-7-13(6-5-12(9)8-17)19-16-20-15(18)24(22-16)25-14-10(2)21-23(4)11(14)3/h5-7H,1-4H3,(H3,18,19,20,22). The van der Waals surface area contributed by atoms with Gasteiger partial charge in [-0.1, -0.05) is 0 Å². The van der Waals surface area contributed by atoms with Gasteiger partial charge in [0.2, 0.25) is 11.9 Å². The summed E-state index contributed by atoms with van der Waals surface area (Å²) in [6.07, 6.45) is 0. The van der Waals surface area contributed by atoms with Crippen LogP contribution in [0.1, 0.15) is 22.5 Å². The lowest BCUT2D eigenvalue weighted by Gasteiger charge is -2.04. The highest BCUT2D eigenvalue weighted by molar-refractivity contribution is 7.98. The SMILES string of the molecule is Cc1cc(Nc2nc(N)n(Sc3c(C)nn(C)c3C)n2)ccc1C#N. The number of aromatic nitrogens is 5. The zero-order valence-corrected chi connectivity index (χ0v) is 15.2. The summed E-state index contributed by atoms with van der Waals surface area (Å²) in [4.78, 5) is 5.25. The van der Waals surface area contributed by atoms with Gasteiger partial charge in [0.05, 0.1) is 27.9 Å². The first-order valence-electron chi connectivity index (χ1n) is 7.58. The van der Waals surface area contributed by atoms with Crippen molar-refractivity contribution in [2.24, 2.45) is 7.05 Å². The van der Waals surface area contributed by atoms with Gasteiger partial charge in [-0.25, -0.2) is 0 Å². The molecule has 0 radical (unpaired) electrons. The Morgan fingerprint density at radius 2 is 2.00 bits per heavy atom. The molecule has 0 bridgehead atoms. The summed E-state index contributed by atoms with van der Waals surface area (Å²) in [6.45, 7) is 5.82. The van der Waals surface area contributed by atoms with Crippen molar-refractivity contribution in [2.75, 3.05) is 11.1 Å². The summed E-state index contributed by atoms with van der Waals surface area (Å²) in [5.41, 5.74) is 10.3. The molecule has 128 valence electrons. The normalized spacial score (nSPS) is 10.7. The monoisotopic (exact) mass is 354 g/mol. The van der Waals surface area contributed by atoms with Gasteiger partial charge in [0, 0.05) is 24.7 Å². The molecule has 0 aliphatic carbocycles. The molecular formula is C16H18N8S. The van der Waals surface area contributed by atoms with Crippen LogP contribution >= 0.6 is 11.9 Å². The van der Waals surface area contributed by atoms with E-state index in [0.29, 0.717) is 17.5 Å². The number of hydrogen-bond donors (Lipinski definition) is 2. The van der Waals surface area contributed by atoms with Crippen molar-refractivity contribution in [3.63, 3.8) is 0 Å². The first kappa shape index (κ1) is 16.9. The van der Waals surface area contributed by atoms with Gasteiger partial charge >= 0.3 is 0 Å². The molecule has 0 unspecified atom stereocenters. The molecule has 0 saturated heterocycles. The lowest BCUT2D eigenvalue weighted by atomic mass is 10.1. The zero-order chi connectivity index (χ0) is 18.1. The second-order valence-electron chi connectivity index (χ2n) is 5.65. The number of aryl methyl sites for hydroxylation is 3. The molecule has 2 aromatic heterocycles. The van der Waals surface area contributed by atoms with Crippen LogP contribution < -0.4 is 11.1 Å². The van der Waals surface area contributed by atoms with Crippen LogP contribution in [0.25, 0.3) is 0 Å². The van der Waals surface area contributed by atoms with E-state index in [9.17, 15) is 0 Å². The van der Waals surface area contributed by atoms with Crippen LogP contribution in [0.4, 0.5) is 17.6 Å². The van der Waals surface area contributed by atoms with E-state index in [2.05, 4.69) is 26.6 Å². The molecule has 0 fully saturated rings. The Kier molecular flexibility index (Phi) is 4.37. The van der Waals surface area contributed by atoms with Crippen LogP contribution in [0.5, 0.6) is 0 Å². The predicted molar refractivity (Wildman–Crippen MR) is 97.5 cm³/mol. The van der Waals surface area contributed by atoms with Crippen molar-refractivity contribution in [1.82, 2.24) is 24.0 Å². The van der Waals surface area contributed by atoms with Crippen molar-refractivity contribution in [1.29, 1.82) is 5.26 Å². The average Bonchev–Trinajstić information content (AvgIpc) is 3.02. The first-order chi connectivity index (χ1) is 11.9. The van der Waals surface area contributed by atoms with Crippen molar-refractivity contribution in [3.8, 4) is 6.07 Å². The number of anilines is 3. The van der Waals surface area contributed by atoms with Gasteiger partial charge in [0.15, 0.2) is 0 Å². The molecule has 0 spiro atoms. The Labute approximate surface area is 149 Å². The van der Waals surface area contributed by atoms with Crippen LogP contribution in [0.2, 0.25) is 0 Å². The van der Waals surface area contributed by atoms with Crippen molar-refractivity contribution < 1.29 is 0 Å². The maximum atomic E-state index is 9.00. The topological polar surface area (TPSA) is 110 Å². The van der Waals surface area contributed by atoms with Crippen LogP contribution in [-0.2, 0) is 7.05 Å². The summed E-state index contributed by atoms with van der Waals surface area (Å²) < 4.78 is 3.39. The zero-order valence-electron chi connectivity index (χ0n) is 14.4. The van der Waals surface area contributed by atoms with Gasteiger partial charge in [-0.15, -0.1) is 5.10 Å². The second-order valence-corrected chi connectivity index (χ2v) is 6.58. The first-order valence-corrected chi connectivity index (χ1v) is 8.35. The third-order valence-electron chi connectivity index (χ3n) is 3.83. The van der Waals surface area contributed by atoms with E-state index in [1.807, 2.05) is 44.6 Å². The van der Waals surface area contributed by atoms with Gasteiger partial charge in [-0.2, -0.15) is 19.4 Å². The Bertz CT molecular complexity index is 979. The molecular weight excluding hydrogens is 336 g/mol. The van der Waals surface area contributed by atoms with Crippen molar-refractivity contribution >= 4 is 29.5 Å². The Hall–Kier alpha value is -2.99. The fourth-order valence-corrected chi connectivity index (χ4v) is 3.26. The summed E-state index contributed by atoms with van der Waals surface area (Å²) in [5.74, 6) is 0.689. The number of nitrogens with zero attached hydrogens (tertiary/aromatic N) is 6. The fraction of sp³-hybridized carbons (Fsp3) is 0.250. The number of benzene rings is 1. The van der Waals surface area contributed by atoms with Gasteiger partial charge < -0.3 is 11.1 Å². The van der Waals surface area contributed by atoms with Crippen molar-refractivity contribution in [3.05, 3.63) is 40.7 Å². The molecule has 9 heteroatoms. The summed E-state index contributed by atoms with van der Waals surface area (Å²) in [7, 11) is 1.90. The smallest absolute Gasteiger partial charge is 0.249 e. The lowest BCUT2D eigenvalue weighted by molar-refractivity contribution is 0.729. The number of nitrogens with two attached hydrogens (primary N) is 1. The van der Waals surface area contributed by atoms with Gasteiger partial charge in [0.25, 0.3) is 0 Å². The Morgan fingerprint density at radius 3 is 2.60 bits per heavy atom. The summed E-state index contributed by atoms with van der Waals surface area (Å²) in [5, 5.41) is 20.9. The minimum atomic E-state index is 0.292. The van der Waals surface area contributed by atoms with Crippen LogP contribution in [0, 0.1) is 32.1 Å². The van der Waals surface area contributed by atoms with E-state index in [0.717, 1.165) is 27.5 Å². The van der Waals surface area contributed by atoms with E-state index < -0.39 is 0 Å². The van der Waals surface area contributed by atoms with E-state index >= 15 is 0 Å². The molecule has 8 nitrogen and oxygen atoms in total. The summed E-state index contributed by atoms with van der Waals surface area (Å²) in [6, 6.07) is 7.59. The quantitative estimate of drug-likeness (QED) is 0.741. The number of nitrogen functional groups attached to an aromatic ring is 1. The molecule has 0 aliphatic heterocycles. The molecule has 0 amide bonds. The fourth-order valence-electron chi connectivity index (χ4n) is 2.40. The molecule has 3 rings (SSSR count). The van der Waals surface area contributed by atoms with E-state index in [4.69, 9.17) is 11.0 Å². The van der Waals surface area contributed by atoms with E-state index in [1.165, 1.54) is 11.9 Å². The molecule has 1 aromatic carbocycles. The molecule has 0 atom stereocenters. The minimum Gasteiger partial charge on any atom is -0.367 e. The summed E-state index contributed by atoms with van der Waals surface area (Å²) >= 11 is 1.38. The maximum absolute atomic E-state index is 9.00. The number of hydrogen-bond acceptors (Lipinski definition) is 7. The van der Waals surface area contributed by atoms with Gasteiger partial charge in [-0.3, -0.25) is 4.68 Å². The molecule has 3 N–H and O–H groups in total. The number of nitriles is 1. The highest BCUT2D eigenvalue weighted by Gasteiger charge is 2.15. The predicted octanol–water partition coefficient (Wildman–Crippen LogP) is 2.69.